The summed E-state index contributed by atoms with van der Waals surface area (Å²) in [6, 6.07) is 0. The van der Waals surface area contributed by atoms with Gasteiger partial charge in [-0.3, -0.25) is 0 Å². The van der Waals surface area contributed by atoms with Crippen molar-refractivity contribution in [3.8, 4) is 0 Å². The van der Waals surface area contributed by atoms with Crippen LogP contribution in [0.4, 0.5) is 0 Å². The molecule has 0 heterocycles. The highest BCUT2D eigenvalue weighted by Crippen LogP contribution is 2.09. The number of hydrogen-bond acceptors (Lipinski definition) is 6. The molecule has 0 aliphatic rings. The number of hydrogen-bond donors (Lipinski definition) is 2. The Morgan fingerprint density at radius 3 is 1.54 bits per heavy atom. The van der Waals surface area contributed by atoms with Gasteiger partial charge in [-0.1, -0.05) is 0 Å². The second kappa shape index (κ2) is 8.10. The van der Waals surface area contributed by atoms with Crippen molar-refractivity contribution < 1.29 is 17.7 Å². The Hall–Kier alpha value is 0.757. The van der Waals surface area contributed by atoms with E-state index in [1.807, 2.05) is 0 Å². The second-order valence-electron chi connectivity index (χ2n) is 2.05. The van der Waals surface area contributed by atoms with Crippen molar-refractivity contribution in [2.45, 2.75) is 0 Å². The van der Waals surface area contributed by atoms with Gasteiger partial charge in [-0.25, -0.2) is 0 Å². The van der Waals surface area contributed by atoms with Gasteiger partial charge in [0.15, 0.2) is 0 Å². The van der Waals surface area contributed by atoms with E-state index in [-0.39, 0.29) is 0 Å². The first-order valence-electron chi connectivity index (χ1n) is 3.84. The van der Waals surface area contributed by atoms with Crippen LogP contribution in [-0.2, 0) is 17.7 Å². The van der Waals surface area contributed by atoms with Crippen LogP contribution in [0.3, 0.4) is 0 Å². The lowest BCUT2D eigenvalue weighted by Gasteiger charge is -2.24. The van der Waals surface area contributed by atoms with Gasteiger partial charge in [-0.15, -0.1) is 0 Å². The fraction of sp³-hybridized carbons (Fsp3) is 1.00. The normalized spacial score (nSPS) is 12.0. The monoisotopic (exact) mass is 244 g/mol. The van der Waals surface area contributed by atoms with E-state index in [1.54, 1.807) is 0 Å². The summed E-state index contributed by atoms with van der Waals surface area (Å²) >= 11 is 8.03. The summed E-state index contributed by atoms with van der Waals surface area (Å²) in [7, 11) is 0.130. The molecule has 0 saturated heterocycles. The first-order chi connectivity index (χ1) is 6.24. The van der Waals surface area contributed by atoms with E-state index < -0.39 is 9.05 Å². The Kier molecular flexibility index (Phi) is 8.57. The van der Waals surface area contributed by atoms with Gasteiger partial charge in [0.05, 0.1) is 0 Å². The standard InChI is InChI=1S/C6H16O4S2Si/c1-7-13(8-2,9-3-5-11)10-4-6-12/h11-12H,3-6H2,1-2H3. The Labute approximate surface area is 91.2 Å². The van der Waals surface area contributed by atoms with Gasteiger partial charge in [-0.2, -0.15) is 25.3 Å². The topological polar surface area (TPSA) is 36.9 Å². The highest BCUT2D eigenvalue weighted by molar-refractivity contribution is 7.80. The maximum absolute atomic E-state index is 5.34. The summed E-state index contributed by atoms with van der Waals surface area (Å²) in [6.07, 6.45) is 0. The predicted molar refractivity (Wildman–Crippen MR) is 59.4 cm³/mol. The molecule has 0 radical (unpaired) electrons. The largest absolute Gasteiger partial charge is 0.679 e. The quantitative estimate of drug-likeness (QED) is 0.484. The molecule has 0 atom stereocenters. The maximum atomic E-state index is 5.34. The molecule has 0 aromatic carbocycles. The predicted octanol–water partition coefficient (Wildman–Crippen LogP) is 0.608. The molecule has 80 valence electrons. The average Bonchev–Trinajstić information content (AvgIpc) is 2.20. The molecule has 0 saturated carbocycles. The Bertz CT molecular complexity index is 113. The Morgan fingerprint density at radius 2 is 1.31 bits per heavy atom. The molecular formula is C6H16O4S2Si. The summed E-state index contributed by atoms with van der Waals surface area (Å²) in [5.74, 6) is 1.21. The molecule has 4 nitrogen and oxygen atoms in total. The molecule has 0 aromatic heterocycles. The van der Waals surface area contributed by atoms with E-state index in [9.17, 15) is 0 Å². The molecule has 7 heteroatoms. The molecule has 0 aliphatic carbocycles. The zero-order valence-electron chi connectivity index (χ0n) is 7.86. The lowest BCUT2D eigenvalue weighted by Crippen LogP contribution is -2.48. The molecule has 0 aromatic rings. The zero-order valence-corrected chi connectivity index (χ0v) is 10.6. The fourth-order valence-corrected chi connectivity index (χ4v) is 2.65. The molecule has 0 spiro atoms. The molecule has 0 bridgehead atoms. The van der Waals surface area contributed by atoms with Crippen LogP contribution >= 0.6 is 25.3 Å². The van der Waals surface area contributed by atoms with E-state index in [4.69, 9.17) is 17.7 Å². The van der Waals surface area contributed by atoms with E-state index >= 15 is 0 Å². The third-order valence-electron chi connectivity index (χ3n) is 1.24. The molecule has 0 N–H and O–H groups in total. The summed E-state index contributed by atoms with van der Waals surface area (Å²) in [5.41, 5.74) is 0. The Balaban J connectivity index is 3.97. The van der Waals surface area contributed by atoms with Crippen LogP contribution in [0, 0.1) is 0 Å². The van der Waals surface area contributed by atoms with Gasteiger partial charge in [0.1, 0.15) is 0 Å². The smallest absolute Gasteiger partial charge is 0.355 e. The van der Waals surface area contributed by atoms with Gasteiger partial charge in [-0.05, 0) is 0 Å². The van der Waals surface area contributed by atoms with Gasteiger partial charge in [0, 0.05) is 38.9 Å². The minimum Gasteiger partial charge on any atom is -0.355 e. The van der Waals surface area contributed by atoms with Gasteiger partial charge in [0.2, 0.25) is 0 Å². The van der Waals surface area contributed by atoms with Gasteiger partial charge < -0.3 is 17.7 Å². The van der Waals surface area contributed by atoms with Crippen LogP contribution < -0.4 is 0 Å². The van der Waals surface area contributed by atoms with Crippen molar-refractivity contribution in [3.05, 3.63) is 0 Å². The summed E-state index contributed by atoms with van der Waals surface area (Å²) in [6.45, 7) is 0.896. The average molecular weight is 244 g/mol. The highest BCUT2D eigenvalue weighted by Gasteiger charge is 2.43. The second-order valence-corrected chi connectivity index (χ2v) is 5.34. The molecule has 0 amide bonds. The molecular weight excluding hydrogens is 228 g/mol. The lowest BCUT2D eigenvalue weighted by atomic mass is 10.9. The Morgan fingerprint density at radius 1 is 0.923 bits per heavy atom. The van der Waals surface area contributed by atoms with E-state index in [0.717, 1.165) is 0 Å². The lowest BCUT2D eigenvalue weighted by molar-refractivity contribution is -0.00145. The molecule has 0 fully saturated rings. The zero-order chi connectivity index (χ0) is 10.2. The van der Waals surface area contributed by atoms with Crippen molar-refractivity contribution in [3.63, 3.8) is 0 Å². The SMILES string of the molecule is CO[Si](OC)(OCCS)OCCS. The van der Waals surface area contributed by atoms with Crippen LogP contribution in [-0.4, -0.2) is 48.0 Å². The van der Waals surface area contributed by atoms with Crippen molar-refractivity contribution in [1.82, 2.24) is 0 Å². The number of thiol groups is 2. The van der Waals surface area contributed by atoms with Crippen molar-refractivity contribution in [1.29, 1.82) is 0 Å². The van der Waals surface area contributed by atoms with Crippen LogP contribution in [0.15, 0.2) is 0 Å². The van der Waals surface area contributed by atoms with E-state index in [2.05, 4.69) is 25.3 Å². The number of rotatable bonds is 8. The maximum Gasteiger partial charge on any atom is 0.679 e. The van der Waals surface area contributed by atoms with Crippen molar-refractivity contribution >= 4 is 34.3 Å². The van der Waals surface area contributed by atoms with Crippen LogP contribution in [0.25, 0.3) is 0 Å². The van der Waals surface area contributed by atoms with Gasteiger partial charge >= 0.3 is 9.05 Å². The summed E-state index contributed by atoms with van der Waals surface area (Å²) in [5, 5.41) is 0. The van der Waals surface area contributed by atoms with Crippen molar-refractivity contribution in [2.75, 3.05) is 38.9 Å². The fourth-order valence-electron chi connectivity index (χ4n) is 0.702. The first kappa shape index (κ1) is 13.8. The first-order valence-corrected chi connectivity index (χ1v) is 6.74. The third kappa shape index (κ3) is 5.26. The van der Waals surface area contributed by atoms with E-state index in [1.165, 1.54) is 14.2 Å². The minimum absolute atomic E-state index is 0.448. The van der Waals surface area contributed by atoms with Gasteiger partial charge in [0.25, 0.3) is 0 Å². The van der Waals surface area contributed by atoms with Crippen LogP contribution in [0.1, 0.15) is 0 Å². The summed E-state index contributed by atoms with van der Waals surface area (Å²) < 4.78 is 20.9. The third-order valence-corrected chi connectivity index (χ3v) is 3.72. The molecule has 0 unspecified atom stereocenters. The summed E-state index contributed by atoms with van der Waals surface area (Å²) in [4.78, 5) is 0. The minimum atomic E-state index is -2.88. The van der Waals surface area contributed by atoms with Crippen LogP contribution in [0.5, 0.6) is 0 Å². The van der Waals surface area contributed by atoms with E-state index in [0.29, 0.717) is 24.7 Å². The molecule has 0 rings (SSSR count). The molecule has 0 aliphatic heterocycles. The molecule has 13 heavy (non-hydrogen) atoms. The van der Waals surface area contributed by atoms with Crippen molar-refractivity contribution in [2.24, 2.45) is 0 Å². The highest BCUT2D eigenvalue weighted by atomic mass is 32.1. The van der Waals surface area contributed by atoms with Crippen LogP contribution in [0.2, 0.25) is 0 Å².